The van der Waals surface area contributed by atoms with Crippen LogP contribution in [0.5, 0.6) is 0 Å². The molecule has 0 bridgehead atoms. The second kappa shape index (κ2) is 6.63. The van der Waals surface area contributed by atoms with Crippen LogP contribution in [-0.4, -0.2) is 44.4 Å². The van der Waals surface area contributed by atoms with E-state index in [9.17, 15) is 0 Å². The van der Waals surface area contributed by atoms with E-state index in [1.165, 1.54) is 5.56 Å². The summed E-state index contributed by atoms with van der Waals surface area (Å²) in [5.41, 5.74) is 1.35. The van der Waals surface area contributed by atoms with Crippen LogP contribution in [0.1, 0.15) is 5.56 Å². The van der Waals surface area contributed by atoms with Crippen LogP contribution >= 0.6 is 0 Å². The van der Waals surface area contributed by atoms with Crippen LogP contribution in [-0.2, 0) is 16.0 Å². The maximum atomic E-state index is 5.46. The molecule has 1 heterocycles. The fourth-order valence-electron chi connectivity index (χ4n) is 1.82. The van der Waals surface area contributed by atoms with Crippen LogP contribution in [0.3, 0.4) is 0 Å². The number of hydrogen-bond acceptors (Lipinski definition) is 3. The van der Waals surface area contributed by atoms with Crippen LogP contribution in [0.4, 0.5) is 0 Å². The van der Waals surface area contributed by atoms with Gasteiger partial charge in [0.1, 0.15) is 0 Å². The van der Waals surface area contributed by atoms with Gasteiger partial charge in [-0.3, -0.25) is 4.90 Å². The number of nitrogens with zero attached hydrogens (tertiary/aromatic N) is 1. The molecule has 1 aliphatic rings. The number of ether oxygens (including phenoxy) is 2. The molecule has 0 aromatic heterocycles. The molecule has 0 amide bonds. The van der Waals surface area contributed by atoms with Gasteiger partial charge in [-0.15, -0.1) is 0 Å². The van der Waals surface area contributed by atoms with Crippen molar-refractivity contribution in [2.75, 3.05) is 39.5 Å². The molecule has 0 aliphatic carbocycles. The van der Waals surface area contributed by atoms with Gasteiger partial charge in [0.05, 0.1) is 26.4 Å². The normalized spacial score (nSPS) is 19.8. The summed E-state index contributed by atoms with van der Waals surface area (Å²) in [6, 6.07) is 10.5. The van der Waals surface area contributed by atoms with Crippen molar-refractivity contribution >= 4 is 0 Å². The Labute approximate surface area is 97.0 Å². The first kappa shape index (κ1) is 11.6. The van der Waals surface area contributed by atoms with Gasteiger partial charge in [0.25, 0.3) is 0 Å². The first-order valence-electron chi connectivity index (χ1n) is 5.87. The Morgan fingerprint density at radius 1 is 0.875 bits per heavy atom. The maximum Gasteiger partial charge on any atom is 0.0701 e. The van der Waals surface area contributed by atoms with E-state index in [0.29, 0.717) is 0 Å². The van der Waals surface area contributed by atoms with E-state index in [1.807, 2.05) is 6.07 Å². The molecule has 3 nitrogen and oxygen atoms in total. The fraction of sp³-hybridized carbons (Fsp3) is 0.538. The smallest absolute Gasteiger partial charge is 0.0701 e. The average Bonchev–Trinajstić information content (AvgIpc) is 2.45. The maximum absolute atomic E-state index is 5.46. The molecule has 0 atom stereocenters. The topological polar surface area (TPSA) is 21.7 Å². The third kappa shape index (κ3) is 3.93. The highest BCUT2D eigenvalue weighted by Gasteiger charge is 2.07. The van der Waals surface area contributed by atoms with E-state index >= 15 is 0 Å². The Hall–Kier alpha value is -0.900. The standard InChI is InChI=1S/C13H19NO2/c1-2-4-13(5-3-1)12-14-6-8-15-10-11-16-9-7-14/h1-5H,6-12H2. The summed E-state index contributed by atoms with van der Waals surface area (Å²) >= 11 is 0. The van der Waals surface area contributed by atoms with Gasteiger partial charge in [-0.25, -0.2) is 0 Å². The Morgan fingerprint density at radius 2 is 1.50 bits per heavy atom. The number of hydrogen-bond donors (Lipinski definition) is 0. The molecule has 0 unspecified atom stereocenters. The highest BCUT2D eigenvalue weighted by molar-refractivity contribution is 5.14. The molecule has 16 heavy (non-hydrogen) atoms. The van der Waals surface area contributed by atoms with Crippen molar-refractivity contribution in [1.82, 2.24) is 4.90 Å². The lowest BCUT2D eigenvalue weighted by Gasteiger charge is -2.20. The molecular weight excluding hydrogens is 202 g/mol. The monoisotopic (exact) mass is 221 g/mol. The van der Waals surface area contributed by atoms with E-state index in [0.717, 1.165) is 46.1 Å². The summed E-state index contributed by atoms with van der Waals surface area (Å²) in [4.78, 5) is 2.38. The van der Waals surface area contributed by atoms with Crippen molar-refractivity contribution in [2.24, 2.45) is 0 Å². The van der Waals surface area contributed by atoms with Crippen LogP contribution in [0.2, 0.25) is 0 Å². The predicted octanol–water partition coefficient (Wildman–Crippen LogP) is 1.54. The molecule has 2 rings (SSSR count). The molecule has 1 aliphatic heterocycles. The van der Waals surface area contributed by atoms with Crippen molar-refractivity contribution in [2.45, 2.75) is 6.54 Å². The Bertz CT molecular complexity index is 279. The summed E-state index contributed by atoms with van der Waals surface area (Å²) in [5.74, 6) is 0. The summed E-state index contributed by atoms with van der Waals surface area (Å²) in [5, 5.41) is 0. The SMILES string of the molecule is c1ccc(CN2CCOCCOCC2)cc1. The third-order valence-corrected chi connectivity index (χ3v) is 2.72. The van der Waals surface area contributed by atoms with Crippen molar-refractivity contribution in [3.05, 3.63) is 35.9 Å². The van der Waals surface area contributed by atoms with E-state index < -0.39 is 0 Å². The fourth-order valence-corrected chi connectivity index (χ4v) is 1.82. The van der Waals surface area contributed by atoms with Crippen molar-refractivity contribution in [3.8, 4) is 0 Å². The first-order valence-corrected chi connectivity index (χ1v) is 5.87. The number of benzene rings is 1. The highest BCUT2D eigenvalue weighted by Crippen LogP contribution is 2.04. The van der Waals surface area contributed by atoms with Gasteiger partial charge in [0.2, 0.25) is 0 Å². The lowest BCUT2D eigenvalue weighted by molar-refractivity contribution is 0.0629. The lowest BCUT2D eigenvalue weighted by atomic mass is 10.2. The summed E-state index contributed by atoms with van der Waals surface area (Å²) in [6.07, 6.45) is 0. The Kier molecular flexibility index (Phi) is 4.80. The minimum atomic E-state index is 0.721. The zero-order chi connectivity index (χ0) is 11.1. The molecule has 1 fully saturated rings. The van der Waals surface area contributed by atoms with E-state index in [-0.39, 0.29) is 0 Å². The molecule has 0 spiro atoms. The highest BCUT2D eigenvalue weighted by atomic mass is 16.5. The van der Waals surface area contributed by atoms with Crippen molar-refractivity contribution in [1.29, 1.82) is 0 Å². The van der Waals surface area contributed by atoms with Crippen LogP contribution < -0.4 is 0 Å². The largest absolute Gasteiger partial charge is 0.378 e. The molecular formula is C13H19NO2. The first-order chi connectivity index (χ1) is 7.95. The minimum Gasteiger partial charge on any atom is -0.378 e. The molecule has 1 saturated heterocycles. The average molecular weight is 221 g/mol. The second-order valence-corrected chi connectivity index (χ2v) is 3.99. The van der Waals surface area contributed by atoms with E-state index in [2.05, 4.69) is 29.2 Å². The molecule has 1 aromatic rings. The molecule has 3 heteroatoms. The van der Waals surface area contributed by atoms with Crippen molar-refractivity contribution in [3.63, 3.8) is 0 Å². The zero-order valence-electron chi connectivity index (χ0n) is 9.60. The third-order valence-electron chi connectivity index (χ3n) is 2.72. The predicted molar refractivity (Wildman–Crippen MR) is 63.4 cm³/mol. The van der Waals surface area contributed by atoms with Gasteiger partial charge < -0.3 is 9.47 Å². The lowest BCUT2D eigenvalue weighted by Crippen LogP contribution is -2.29. The molecule has 0 N–H and O–H groups in total. The van der Waals surface area contributed by atoms with Gasteiger partial charge in [-0.05, 0) is 5.56 Å². The van der Waals surface area contributed by atoms with E-state index in [4.69, 9.17) is 9.47 Å². The molecule has 0 radical (unpaired) electrons. The van der Waals surface area contributed by atoms with Crippen molar-refractivity contribution < 1.29 is 9.47 Å². The quantitative estimate of drug-likeness (QED) is 0.756. The minimum absolute atomic E-state index is 0.721. The van der Waals surface area contributed by atoms with Gasteiger partial charge in [0.15, 0.2) is 0 Å². The second-order valence-electron chi connectivity index (χ2n) is 3.99. The van der Waals surface area contributed by atoms with Crippen LogP contribution in [0, 0.1) is 0 Å². The van der Waals surface area contributed by atoms with Gasteiger partial charge in [0, 0.05) is 19.6 Å². The van der Waals surface area contributed by atoms with Crippen LogP contribution in [0.15, 0.2) is 30.3 Å². The molecule has 88 valence electrons. The van der Waals surface area contributed by atoms with Gasteiger partial charge in [-0.1, -0.05) is 30.3 Å². The van der Waals surface area contributed by atoms with Crippen LogP contribution in [0.25, 0.3) is 0 Å². The zero-order valence-corrected chi connectivity index (χ0v) is 9.60. The van der Waals surface area contributed by atoms with Gasteiger partial charge in [-0.2, -0.15) is 0 Å². The summed E-state index contributed by atoms with van der Waals surface area (Å²) < 4.78 is 10.9. The number of rotatable bonds is 2. The summed E-state index contributed by atoms with van der Waals surface area (Å²) in [6.45, 7) is 5.99. The Morgan fingerprint density at radius 3 is 2.12 bits per heavy atom. The molecule has 1 aromatic carbocycles. The molecule has 0 saturated carbocycles. The van der Waals surface area contributed by atoms with Gasteiger partial charge >= 0.3 is 0 Å². The summed E-state index contributed by atoms with van der Waals surface area (Å²) in [7, 11) is 0. The Balaban J connectivity index is 1.86. The van der Waals surface area contributed by atoms with E-state index in [1.54, 1.807) is 0 Å².